The molecule has 0 fully saturated rings. The highest BCUT2D eigenvalue weighted by molar-refractivity contribution is 5.81. The van der Waals surface area contributed by atoms with Gasteiger partial charge in [0.1, 0.15) is 11.5 Å². The van der Waals surface area contributed by atoms with Gasteiger partial charge in [0.15, 0.2) is 12.9 Å². The van der Waals surface area contributed by atoms with Crippen molar-refractivity contribution in [3.05, 3.63) is 59.7 Å². The van der Waals surface area contributed by atoms with E-state index < -0.39 is 0 Å². The topological polar surface area (TPSA) is 64.6 Å². The number of nitrogens with one attached hydrogen (secondary N) is 1. The number of carbonyl (C=O) groups excluding carboxylic acids is 2. The molecule has 0 aliphatic rings. The Morgan fingerprint density at radius 3 is 2.40 bits per heavy atom. The zero-order chi connectivity index (χ0) is 18.2. The number of aldehydes is 1. The largest absolute Gasteiger partial charge is 0.497 e. The molecule has 1 amide bonds. The van der Waals surface area contributed by atoms with Crippen LogP contribution in [0.25, 0.3) is 0 Å². The van der Waals surface area contributed by atoms with Crippen molar-refractivity contribution in [1.29, 1.82) is 0 Å². The highest BCUT2D eigenvalue weighted by Crippen LogP contribution is 2.24. The third-order valence-electron chi connectivity index (χ3n) is 3.86. The van der Waals surface area contributed by atoms with Gasteiger partial charge in [0.25, 0.3) is 5.91 Å². The Hall–Kier alpha value is -2.82. The van der Waals surface area contributed by atoms with Crippen LogP contribution in [-0.2, 0) is 4.79 Å². The summed E-state index contributed by atoms with van der Waals surface area (Å²) in [6, 6.07) is 14.3. The Kier molecular flexibility index (Phi) is 6.57. The Morgan fingerprint density at radius 2 is 1.80 bits per heavy atom. The fraction of sp³-hybridized carbons (Fsp3) is 0.300. The molecule has 1 unspecified atom stereocenters. The molecule has 1 atom stereocenters. The minimum atomic E-state index is -0.241. The lowest BCUT2D eigenvalue weighted by Crippen LogP contribution is -2.35. The van der Waals surface area contributed by atoms with E-state index in [1.165, 1.54) is 0 Å². The third kappa shape index (κ3) is 5.08. The van der Waals surface area contributed by atoms with E-state index >= 15 is 0 Å². The predicted molar refractivity (Wildman–Crippen MR) is 96.0 cm³/mol. The molecule has 2 aromatic carbocycles. The Bertz CT molecular complexity index is 710. The van der Waals surface area contributed by atoms with Crippen molar-refractivity contribution in [1.82, 2.24) is 5.32 Å². The van der Waals surface area contributed by atoms with Crippen LogP contribution in [0.2, 0.25) is 0 Å². The minimum absolute atomic E-state index is 0.136. The van der Waals surface area contributed by atoms with Gasteiger partial charge in [-0.15, -0.1) is 0 Å². The maximum atomic E-state index is 12.3. The molecule has 25 heavy (non-hydrogen) atoms. The van der Waals surface area contributed by atoms with Crippen molar-refractivity contribution in [2.75, 3.05) is 13.7 Å². The molecule has 0 heterocycles. The molecule has 0 saturated heterocycles. The van der Waals surface area contributed by atoms with E-state index in [4.69, 9.17) is 9.47 Å². The molecule has 1 N–H and O–H groups in total. The van der Waals surface area contributed by atoms with Gasteiger partial charge >= 0.3 is 0 Å². The third-order valence-corrected chi connectivity index (χ3v) is 3.86. The van der Waals surface area contributed by atoms with Crippen LogP contribution in [0, 0.1) is 5.92 Å². The second-order valence-corrected chi connectivity index (χ2v) is 6.01. The number of ether oxygens (including phenoxy) is 2. The molecule has 0 aliphatic heterocycles. The molecular weight excluding hydrogens is 318 g/mol. The summed E-state index contributed by atoms with van der Waals surface area (Å²) in [6.07, 6.45) is 0.710. The van der Waals surface area contributed by atoms with Crippen molar-refractivity contribution in [2.45, 2.75) is 19.9 Å². The summed E-state index contributed by atoms with van der Waals surface area (Å²) in [5.74, 6) is 1.14. The number of hydrogen-bond acceptors (Lipinski definition) is 4. The maximum Gasteiger partial charge on any atom is 0.258 e. The van der Waals surface area contributed by atoms with Crippen molar-refractivity contribution in [3.63, 3.8) is 0 Å². The highest BCUT2D eigenvalue weighted by atomic mass is 16.5. The Morgan fingerprint density at radius 1 is 1.12 bits per heavy atom. The van der Waals surface area contributed by atoms with Crippen LogP contribution in [0.5, 0.6) is 11.5 Å². The number of carbonyl (C=O) groups is 2. The first-order valence-corrected chi connectivity index (χ1v) is 8.15. The number of amides is 1. The van der Waals surface area contributed by atoms with Crippen LogP contribution < -0.4 is 14.8 Å². The van der Waals surface area contributed by atoms with Crippen LogP contribution in [-0.4, -0.2) is 25.9 Å². The zero-order valence-electron chi connectivity index (χ0n) is 14.7. The van der Waals surface area contributed by atoms with E-state index in [1.807, 2.05) is 38.1 Å². The summed E-state index contributed by atoms with van der Waals surface area (Å²) < 4.78 is 10.6. The van der Waals surface area contributed by atoms with Crippen LogP contribution in [0.15, 0.2) is 48.5 Å². The second kappa shape index (κ2) is 8.87. The molecule has 0 aliphatic carbocycles. The molecule has 5 nitrogen and oxygen atoms in total. The van der Waals surface area contributed by atoms with Crippen molar-refractivity contribution < 1.29 is 19.1 Å². The first-order chi connectivity index (χ1) is 12.0. The average molecular weight is 341 g/mol. The summed E-state index contributed by atoms with van der Waals surface area (Å²) in [7, 11) is 1.62. The zero-order valence-corrected chi connectivity index (χ0v) is 14.7. The van der Waals surface area contributed by atoms with Gasteiger partial charge < -0.3 is 14.8 Å². The van der Waals surface area contributed by atoms with Gasteiger partial charge in [-0.2, -0.15) is 0 Å². The van der Waals surface area contributed by atoms with Gasteiger partial charge in [-0.25, -0.2) is 0 Å². The number of methoxy groups -OCH3 is 1. The Balaban J connectivity index is 2.01. The molecule has 2 rings (SSSR count). The van der Waals surface area contributed by atoms with Crippen molar-refractivity contribution >= 4 is 12.2 Å². The normalized spacial score (nSPS) is 11.7. The predicted octanol–water partition coefficient (Wildman–Crippen LogP) is 3.40. The van der Waals surface area contributed by atoms with Gasteiger partial charge in [-0.05, 0) is 35.7 Å². The molecule has 132 valence electrons. The van der Waals surface area contributed by atoms with Crippen LogP contribution >= 0.6 is 0 Å². The monoisotopic (exact) mass is 341 g/mol. The fourth-order valence-electron chi connectivity index (χ4n) is 2.51. The SMILES string of the molecule is COc1ccc(C(NC(=O)COc2ccccc2C=O)C(C)C)cc1. The first-order valence-electron chi connectivity index (χ1n) is 8.15. The molecule has 0 saturated carbocycles. The highest BCUT2D eigenvalue weighted by Gasteiger charge is 2.19. The van der Waals surface area contributed by atoms with E-state index in [-0.39, 0.29) is 24.5 Å². The maximum absolute atomic E-state index is 12.3. The lowest BCUT2D eigenvalue weighted by molar-refractivity contribution is -0.124. The molecule has 0 radical (unpaired) electrons. The molecule has 2 aromatic rings. The smallest absolute Gasteiger partial charge is 0.258 e. The summed E-state index contributed by atoms with van der Waals surface area (Å²) in [5, 5.41) is 2.98. The summed E-state index contributed by atoms with van der Waals surface area (Å²) in [6.45, 7) is 3.93. The molecular formula is C20H23NO4. The van der Waals surface area contributed by atoms with E-state index in [0.29, 0.717) is 17.6 Å². The van der Waals surface area contributed by atoms with Crippen LogP contribution in [0.1, 0.15) is 35.8 Å². The number of para-hydroxylation sites is 1. The lowest BCUT2D eigenvalue weighted by Gasteiger charge is -2.23. The quantitative estimate of drug-likeness (QED) is 0.748. The summed E-state index contributed by atoms with van der Waals surface area (Å²) in [5.41, 5.74) is 1.42. The first kappa shape index (κ1) is 18.5. The van der Waals surface area contributed by atoms with Crippen molar-refractivity contribution in [2.24, 2.45) is 5.92 Å². The standard InChI is InChI=1S/C20H23NO4/c1-14(2)20(15-8-10-17(24-3)11-9-15)21-19(23)13-25-18-7-5-4-6-16(18)12-22/h4-12,14,20H,13H2,1-3H3,(H,21,23). The lowest BCUT2D eigenvalue weighted by atomic mass is 9.96. The van der Waals surface area contributed by atoms with Gasteiger partial charge in [0.05, 0.1) is 18.7 Å². The number of rotatable bonds is 8. The molecule has 0 aromatic heterocycles. The average Bonchev–Trinajstić information content (AvgIpc) is 2.64. The molecule has 0 spiro atoms. The molecule has 0 bridgehead atoms. The van der Waals surface area contributed by atoms with E-state index in [0.717, 1.165) is 11.3 Å². The number of hydrogen-bond donors (Lipinski definition) is 1. The minimum Gasteiger partial charge on any atom is -0.497 e. The Labute approximate surface area is 148 Å². The van der Waals surface area contributed by atoms with E-state index in [2.05, 4.69) is 5.32 Å². The van der Waals surface area contributed by atoms with Crippen LogP contribution in [0.3, 0.4) is 0 Å². The van der Waals surface area contributed by atoms with E-state index in [9.17, 15) is 9.59 Å². The van der Waals surface area contributed by atoms with Gasteiger partial charge in [0, 0.05) is 0 Å². The van der Waals surface area contributed by atoms with Crippen LogP contribution in [0.4, 0.5) is 0 Å². The fourth-order valence-corrected chi connectivity index (χ4v) is 2.51. The number of benzene rings is 2. The van der Waals surface area contributed by atoms with E-state index in [1.54, 1.807) is 31.4 Å². The molecule has 5 heteroatoms. The van der Waals surface area contributed by atoms with Gasteiger partial charge in [0.2, 0.25) is 0 Å². The van der Waals surface area contributed by atoms with Gasteiger partial charge in [-0.1, -0.05) is 38.1 Å². The van der Waals surface area contributed by atoms with Gasteiger partial charge in [-0.3, -0.25) is 9.59 Å². The summed E-state index contributed by atoms with van der Waals surface area (Å²) >= 11 is 0. The second-order valence-electron chi connectivity index (χ2n) is 6.01. The summed E-state index contributed by atoms with van der Waals surface area (Å²) in [4.78, 5) is 23.3. The van der Waals surface area contributed by atoms with Crippen molar-refractivity contribution in [3.8, 4) is 11.5 Å².